The highest BCUT2D eigenvalue weighted by atomic mass is 79.9. The molecule has 0 spiro atoms. The molecule has 1 aliphatic heterocycles. The first-order valence-corrected chi connectivity index (χ1v) is 12.7. The SMILES string of the molecule is CCOc1cc(/C=C2/SC(=S)N(c3ccc(F)c(Cl)c3)C2=O)cc(Br)c1OCc1ccc(F)cc1. The summed E-state index contributed by atoms with van der Waals surface area (Å²) in [4.78, 5) is 14.8. The fraction of sp³-hybridized carbons (Fsp3) is 0.120. The second-order valence-corrected chi connectivity index (χ2v) is 10.2. The Morgan fingerprint density at radius 2 is 1.86 bits per heavy atom. The average molecular weight is 597 g/mol. The fourth-order valence-corrected chi connectivity index (χ4v) is 5.32. The molecule has 1 heterocycles. The quantitative estimate of drug-likeness (QED) is 0.206. The Labute approximate surface area is 224 Å². The smallest absolute Gasteiger partial charge is 0.270 e. The minimum Gasteiger partial charge on any atom is -0.490 e. The van der Waals surface area contributed by atoms with Gasteiger partial charge >= 0.3 is 0 Å². The lowest BCUT2D eigenvalue weighted by molar-refractivity contribution is -0.113. The number of carbonyl (C=O) groups excluding carboxylic acids is 1. The molecular formula is C25H17BrClF2NO3S2. The van der Waals surface area contributed by atoms with Crippen LogP contribution >= 0.6 is 51.5 Å². The van der Waals surface area contributed by atoms with Gasteiger partial charge in [0, 0.05) is 0 Å². The number of thiocarbonyl (C=S) groups is 1. The molecule has 3 aromatic carbocycles. The second kappa shape index (κ2) is 11.1. The van der Waals surface area contributed by atoms with Gasteiger partial charge in [-0.05, 0) is 82.5 Å². The van der Waals surface area contributed by atoms with Crippen LogP contribution in [0.3, 0.4) is 0 Å². The third kappa shape index (κ3) is 5.86. The number of hydrogen-bond acceptors (Lipinski definition) is 5. The van der Waals surface area contributed by atoms with E-state index in [2.05, 4.69) is 15.9 Å². The second-order valence-electron chi connectivity index (χ2n) is 7.29. The Morgan fingerprint density at radius 1 is 1.11 bits per heavy atom. The third-order valence-electron chi connectivity index (χ3n) is 4.88. The first kappa shape index (κ1) is 25.6. The van der Waals surface area contributed by atoms with Crippen LogP contribution in [0.5, 0.6) is 11.5 Å². The number of carbonyl (C=O) groups is 1. The summed E-state index contributed by atoms with van der Waals surface area (Å²) in [5, 5.41) is -0.0953. The minimum absolute atomic E-state index is 0.0953. The van der Waals surface area contributed by atoms with Gasteiger partial charge in [-0.25, -0.2) is 8.78 Å². The lowest BCUT2D eigenvalue weighted by Crippen LogP contribution is -2.27. The minimum atomic E-state index is -0.577. The van der Waals surface area contributed by atoms with E-state index < -0.39 is 5.82 Å². The molecule has 1 amide bonds. The number of amides is 1. The molecule has 4 rings (SSSR count). The van der Waals surface area contributed by atoms with Crippen molar-refractivity contribution in [2.75, 3.05) is 11.5 Å². The van der Waals surface area contributed by atoms with E-state index in [9.17, 15) is 13.6 Å². The molecule has 0 N–H and O–H groups in total. The lowest BCUT2D eigenvalue weighted by atomic mass is 10.1. The molecule has 1 fully saturated rings. The van der Waals surface area contributed by atoms with Crippen molar-refractivity contribution in [3.8, 4) is 11.5 Å². The van der Waals surface area contributed by atoms with Crippen molar-refractivity contribution < 1.29 is 23.0 Å². The molecule has 0 radical (unpaired) electrons. The number of thioether (sulfide) groups is 1. The van der Waals surface area contributed by atoms with Crippen molar-refractivity contribution in [1.82, 2.24) is 0 Å². The molecule has 180 valence electrons. The molecule has 1 saturated heterocycles. The predicted molar refractivity (Wildman–Crippen MR) is 143 cm³/mol. The summed E-state index contributed by atoms with van der Waals surface area (Å²) in [5.74, 6) is -0.264. The third-order valence-corrected chi connectivity index (χ3v) is 7.06. The Kier molecular flexibility index (Phi) is 8.11. The molecular weight excluding hydrogens is 580 g/mol. The molecule has 1 aliphatic rings. The maximum atomic E-state index is 13.6. The number of hydrogen-bond donors (Lipinski definition) is 0. The number of nitrogens with zero attached hydrogens (tertiary/aromatic N) is 1. The Hall–Kier alpha value is -2.46. The van der Waals surface area contributed by atoms with Gasteiger partial charge in [0.1, 0.15) is 18.2 Å². The van der Waals surface area contributed by atoms with E-state index in [-0.39, 0.29) is 23.4 Å². The molecule has 0 atom stereocenters. The van der Waals surface area contributed by atoms with Crippen molar-refractivity contribution in [3.63, 3.8) is 0 Å². The zero-order chi connectivity index (χ0) is 25.1. The largest absolute Gasteiger partial charge is 0.490 e. The van der Waals surface area contributed by atoms with Crippen LogP contribution in [0.2, 0.25) is 5.02 Å². The summed E-state index contributed by atoms with van der Waals surface area (Å²) >= 11 is 15.9. The summed E-state index contributed by atoms with van der Waals surface area (Å²) in [6, 6.07) is 13.6. The average Bonchev–Trinajstić information content (AvgIpc) is 3.09. The highest BCUT2D eigenvalue weighted by molar-refractivity contribution is 9.10. The van der Waals surface area contributed by atoms with Crippen LogP contribution < -0.4 is 14.4 Å². The standard InChI is InChI=1S/C25H17BrClF2NO3S2/c1-2-32-21-10-15(9-18(26)23(21)33-13-14-3-5-16(28)6-4-14)11-22-24(31)30(25(34)35-22)17-7-8-20(29)19(27)12-17/h3-12H,2,13H2,1H3/b22-11+. The van der Waals surface area contributed by atoms with Crippen molar-refractivity contribution in [2.45, 2.75) is 13.5 Å². The van der Waals surface area contributed by atoms with E-state index in [1.54, 1.807) is 30.3 Å². The molecule has 0 aliphatic carbocycles. The summed E-state index contributed by atoms with van der Waals surface area (Å²) < 4.78 is 39.4. The molecule has 4 nitrogen and oxygen atoms in total. The number of benzene rings is 3. The van der Waals surface area contributed by atoms with Gasteiger partial charge < -0.3 is 9.47 Å². The van der Waals surface area contributed by atoms with Crippen molar-refractivity contribution in [3.05, 3.63) is 91.8 Å². The van der Waals surface area contributed by atoms with Crippen LogP contribution in [0.15, 0.2) is 64.0 Å². The normalized spacial score (nSPS) is 14.7. The molecule has 3 aromatic rings. The van der Waals surface area contributed by atoms with Gasteiger partial charge in [0.15, 0.2) is 15.8 Å². The van der Waals surface area contributed by atoms with Crippen LogP contribution in [0.1, 0.15) is 18.1 Å². The Morgan fingerprint density at radius 3 is 2.54 bits per heavy atom. The number of rotatable bonds is 7. The van der Waals surface area contributed by atoms with Crippen LogP contribution in [-0.4, -0.2) is 16.8 Å². The van der Waals surface area contributed by atoms with Gasteiger partial charge in [0.25, 0.3) is 5.91 Å². The molecule has 0 saturated carbocycles. The first-order chi connectivity index (χ1) is 16.8. The number of anilines is 1. The van der Waals surface area contributed by atoms with E-state index in [4.69, 9.17) is 33.3 Å². The summed E-state index contributed by atoms with van der Waals surface area (Å²) in [6.45, 7) is 2.47. The maximum Gasteiger partial charge on any atom is 0.270 e. The summed E-state index contributed by atoms with van der Waals surface area (Å²) in [6.07, 6.45) is 1.70. The van der Waals surface area contributed by atoms with Crippen molar-refractivity contribution in [2.24, 2.45) is 0 Å². The van der Waals surface area contributed by atoms with Crippen LogP contribution in [0.4, 0.5) is 14.5 Å². The molecule has 35 heavy (non-hydrogen) atoms. The van der Waals surface area contributed by atoms with Crippen LogP contribution in [0, 0.1) is 11.6 Å². The van der Waals surface area contributed by atoms with Gasteiger partial charge in [-0.2, -0.15) is 0 Å². The summed E-state index contributed by atoms with van der Waals surface area (Å²) in [5.41, 5.74) is 1.88. The molecule has 0 bridgehead atoms. The van der Waals surface area contributed by atoms with Gasteiger partial charge in [-0.3, -0.25) is 9.69 Å². The van der Waals surface area contributed by atoms with Crippen molar-refractivity contribution >= 4 is 73.5 Å². The van der Waals surface area contributed by atoms with E-state index >= 15 is 0 Å². The topological polar surface area (TPSA) is 38.8 Å². The Bertz CT molecular complexity index is 1340. The van der Waals surface area contributed by atoms with E-state index in [0.717, 1.165) is 17.3 Å². The van der Waals surface area contributed by atoms with E-state index in [1.807, 2.05) is 6.92 Å². The monoisotopic (exact) mass is 595 g/mol. The van der Waals surface area contributed by atoms with Crippen LogP contribution in [0.25, 0.3) is 6.08 Å². The van der Waals surface area contributed by atoms with Gasteiger partial charge in [-0.15, -0.1) is 0 Å². The zero-order valence-corrected chi connectivity index (χ0v) is 22.2. The van der Waals surface area contributed by atoms with Crippen molar-refractivity contribution in [1.29, 1.82) is 0 Å². The predicted octanol–water partition coefficient (Wildman–Crippen LogP) is 7.76. The molecule has 0 aromatic heterocycles. The first-order valence-electron chi connectivity index (χ1n) is 10.3. The Balaban J connectivity index is 1.60. The van der Waals surface area contributed by atoms with Gasteiger partial charge in [0.05, 0.1) is 26.7 Å². The highest BCUT2D eigenvalue weighted by Crippen LogP contribution is 2.41. The van der Waals surface area contributed by atoms with Crippen LogP contribution in [-0.2, 0) is 11.4 Å². The van der Waals surface area contributed by atoms with E-state index in [0.29, 0.717) is 43.1 Å². The molecule has 0 unspecified atom stereocenters. The maximum absolute atomic E-state index is 13.6. The van der Waals surface area contributed by atoms with Gasteiger partial charge in [0.2, 0.25) is 0 Å². The number of halogens is 4. The van der Waals surface area contributed by atoms with Gasteiger partial charge in [-0.1, -0.05) is 47.7 Å². The zero-order valence-electron chi connectivity index (χ0n) is 18.2. The number of ether oxygens (including phenoxy) is 2. The lowest BCUT2D eigenvalue weighted by Gasteiger charge is -2.15. The van der Waals surface area contributed by atoms with E-state index in [1.165, 1.54) is 35.2 Å². The summed E-state index contributed by atoms with van der Waals surface area (Å²) in [7, 11) is 0. The fourth-order valence-electron chi connectivity index (χ4n) is 3.28. The molecule has 10 heteroatoms. The highest BCUT2D eigenvalue weighted by Gasteiger charge is 2.33.